The van der Waals surface area contributed by atoms with Gasteiger partial charge in [-0.05, 0) is 112 Å². The van der Waals surface area contributed by atoms with Gasteiger partial charge in [0.25, 0.3) is 0 Å². The first-order valence-corrected chi connectivity index (χ1v) is 12.6. The summed E-state index contributed by atoms with van der Waals surface area (Å²) in [6.45, 7) is 0. The van der Waals surface area contributed by atoms with Crippen LogP contribution in [0.1, 0.15) is 0 Å². The molecule has 2 nitrogen and oxygen atoms in total. The first-order chi connectivity index (χ1) is 8.41. The Morgan fingerprint density at radius 3 is 1.11 bits per heavy atom. The molecule has 0 bridgehead atoms. The Morgan fingerprint density at radius 1 is 0.556 bits per heavy atom. The van der Waals surface area contributed by atoms with E-state index in [4.69, 9.17) is 8.83 Å². The van der Waals surface area contributed by atoms with Crippen molar-refractivity contribution in [1.82, 2.24) is 0 Å². The Labute approximate surface area is 193 Å². The third kappa shape index (κ3) is 4.13. The van der Waals surface area contributed by atoms with Crippen molar-refractivity contribution >= 4 is 157 Å². The molecule has 98 valence electrons. The molecule has 0 aliphatic carbocycles. The van der Waals surface area contributed by atoms with Gasteiger partial charge in [-0.2, -0.15) is 0 Å². The molecule has 0 aliphatic heterocycles. The number of halogens is 6. The maximum Gasteiger partial charge on any atom is 0.187 e. The molecule has 0 radical (unpaired) electrons. The smallest absolute Gasteiger partial charge is 0.187 e. The van der Waals surface area contributed by atoms with E-state index in [9.17, 15) is 0 Å². The third-order valence-electron chi connectivity index (χ3n) is 1.65. The summed E-state index contributed by atoms with van der Waals surface area (Å²) in [4.78, 5) is 0. The zero-order chi connectivity index (χ0) is 13.4. The first kappa shape index (κ1) is 18.0. The number of hydrogen-bond acceptors (Lipinski definition) is 4. The van der Waals surface area contributed by atoms with Crippen molar-refractivity contribution in [1.29, 1.82) is 0 Å². The fourth-order valence-electron chi connectivity index (χ4n) is 0.877. The minimum atomic E-state index is 0.937. The van der Waals surface area contributed by atoms with Crippen LogP contribution in [0.25, 0.3) is 0 Å². The summed E-state index contributed by atoms with van der Waals surface area (Å²) < 4.78 is 18.0. The summed E-state index contributed by atoms with van der Waals surface area (Å²) in [6, 6.07) is 0. The fraction of sp³-hybridized carbons (Fsp3) is 0. The summed E-state index contributed by atoms with van der Waals surface area (Å²) in [5, 5.41) is 1.87. The van der Waals surface area contributed by atoms with Crippen molar-refractivity contribution in [2.24, 2.45) is 0 Å². The van der Waals surface area contributed by atoms with E-state index in [2.05, 4.69) is 136 Å². The van der Waals surface area contributed by atoms with Crippen LogP contribution in [-0.2, 0) is 0 Å². The summed E-state index contributed by atoms with van der Waals surface area (Å²) in [6.07, 6.45) is 0. The Hall–Kier alpha value is 3.64. The van der Waals surface area contributed by atoms with E-state index in [1.165, 1.54) is 14.3 Å². The Bertz CT molecular complexity index is 541. The van der Waals surface area contributed by atoms with Gasteiger partial charge in [0.2, 0.25) is 0 Å². The van der Waals surface area contributed by atoms with E-state index in [0.29, 0.717) is 0 Å². The topological polar surface area (TPSA) is 26.3 Å². The van der Waals surface area contributed by atoms with Crippen LogP contribution in [0.5, 0.6) is 0 Å². The van der Waals surface area contributed by atoms with E-state index in [-0.39, 0.29) is 0 Å². The van der Waals surface area contributed by atoms with Crippen molar-refractivity contribution in [3.8, 4) is 0 Å². The van der Waals surface area contributed by atoms with Gasteiger partial charge >= 0.3 is 0 Å². The van der Waals surface area contributed by atoms with Crippen molar-refractivity contribution in [3.05, 3.63) is 21.8 Å². The van der Waals surface area contributed by atoms with Crippen LogP contribution < -0.4 is 0 Å². The highest BCUT2D eigenvalue weighted by atomic mass is 127. The van der Waals surface area contributed by atoms with Gasteiger partial charge in [-0.25, -0.2) is 0 Å². The SMILES string of the molecule is Ic1oc(SSc2oc(I)c(I)c2I)c(I)c1I. The molecule has 0 fully saturated rings. The van der Waals surface area contributed by atoms with E-state index < -0.39 is 0 Å². The fourth-order valence-corrected chi connectivity index (χ4v) is 8.43. The average Bonchev–Trinajstić information content (AvgIpc) is 2.72. The quantitative estimate of drug-likeness (QED) is 0.239. The third-order valence-corrected chi connectivity index (χ3v) is 14.3. The van der Waals surface area contributed by atoms with Crippen LogP contribution in [0, 0.1) is 21.8 Å². The molecule has 0 spiro atoms. The molecular formula is C8I6O2S2. The minimum absolute atomic E-state index is 0.937. The van der Waals surface area contributed by atoms with Gasteiger partial charge in [0, 0.05) is 45.2 Å². The maximum absolute atomic E-state index is 5.71. The Morgan fingerprint density at radius 2 is 0.889 bits per heavy atom. The average molecular weight is 954 g/mol. The number of rotatable bonds is 3. The lowest BCUT2D eigenvalue weighted by molar-refractivity contribution is 0.444. The number of hydrogen-bond donors (Lipinski definition) is 0. The highest BCUT2D eigenvalue weighted by Crippen LogP contribution is 2.46. The monoisotopic (exact) mass is 953 g/mol. The molecule has 2 aromatic heterocycles. The predicted octanol–water partition coefficient (Wildman–Crippen LogP) is 7.30. The maximum atomic E-state index is 5.71. The molecule has 2 rings (SSSR count). The van der Waals surface area contributed by atoms with Gasteiger partial charge in [-0.3, -0.25) is 0 Å². The molecular weight excluding hydrogens is 954 g/mol. The second kappa shape index (κ2) is 7.95. The van der Waals surface area contributed by atoms with Crippen LogP contribution in [-0.4, -0.2) is 0 Å². The predicted molar refractivity (Wildman–Crippen MR) is 125 cm³/mol. The van der Waals surface area contributed by atoms with Crippen molar-refractivity contribution in [2.75, 3.05) is 0 Å². The molecule has 0 saturated heterocycles. The standard InChI is InChI=1S/C8I6O2S2/c9-1-3(11)7(15-5(1)13)17-18-8-4(12)2(10)6(14)16-8. The molecule has 0 aromatic carbocycles. The zero-order valence-electron chi connectivity index (χ0n) is 7.90. The molecule has 0 saturated carbocycles. The van der Waals surface area contributed by atoms with Gasteiger partial charge in [0.05, 0.1) is 14.3 Å². The van der Waals surface area contributed by atoms with Crippen LogP contribution in [0.2, 0.25) is 0 Å². The molecule has 18 heavy (non-hydrogen) atoms. The molecule has 0 amide bonds. The zero-order valence-corrected chi connectivity index (χ0v) is 22.5. The summed E-state index contributed by atoms with van der Waals surface area (Å²) >= 11 is 13.7. The second-order valence-corrected chi connectivity index (χ2v) is 11.1. The highest BCUT2D eigenvalue weighted by molar-refractivity contribution is 14.1. The van der Waals surface area contributed by atoms with E-state index in [1.54, 1.807) is 21.6 Å². The van der Waals surface area contributed by atoms with Gasteiger partial charge < -0.3 is 8.83 Å². The lowest BCUT2D eigenvalue weighted by atomic mass is 10.7. The Balaban J connectivity index is 2.16. The van der Waals surface area contributed by atoms with Gasteiger partial charge in [-0.15, -0.1) is 0 Å². The summed E-state index contributed by atoms with van der Waals surface area (Å²) in [7, 11) is 3.20. The van der Waals surface area contributed by atoms with Crippen molar-refractivity contribution < 1.29 is 8.83 Å². The largest absolute Gasteiger partial charge is 0.441 e. The van der Waals surface area contributed by atoms with Gasteiger partial charge in [0.15, 0.2) is 17.7 Å². The molecule has 0 aliphatic rings. The highest BCUT2D eigenvalue weighted by Gasteiger charge is 2.19. The van der Waals surface area contributed by atoms with Crippen LogP contribution in [0.3, 0.4) is 0 Å². The molecule has 0 unspecified atom stereocenters. The summed E-state index contributed by atoms with van der Waals surface area (Å²) in [5.41, 5.74) is 0. The van der Waals surface area contributed by atoms with Gasteiger partial charge in [-0.1, -0.05) is 0 Å². The lowest BCUT2D eigenvalue weighted by Crippen LogP contribution is -1.73. The second-order valence-electron chi connectivity index (χ2n) is 2.75. The van der Waals surface area contributed by atoms with Gasteiger partial charge in [0.1, 0.15) is 0 Å². The van der Waals surface area contributed by atoms with E-state index in [0.717, 1.165) is 17.7 Å². The van der Waals surface area contributed by atoms with Crippen molar-refractivity contribution in [2.45, 2.75) is 10.2 Å². The van der Waals surface area contributed by atoms with E-state index >= 15 is 0 Å². The normalized spacial score (nSPS) is 11.2. The molecule has 10 heteroatoms. The Kier molecular flexibility index (Phi) is 7.95. The lowest BCUT2D eigenvalue weighted by Gasteiger charge is -1.95. The summed E-state index contributed by atoms with van der Waals surface area (Å²) in [5.74, 6) is 0. The molecule has 2 aromatic rings. The van der Waals surface area contributed by atoms with Crippen LogP contribution in [0.4, 0.5) is 0 Å². The minimum Gasteiger partial charge on any atom is -0.441 e. The van der Waals surface area contributed by atoms with E-state index in [1.807, 2.05) is 0 Å². The molecule has 0 atom stereocenters. The van der Waals surface area contributed by atoms with Crippen LogP contribution >= 0.6 is 157 Å². The first-order valence-electron chi connectivity index (χ1n) is 4.03. The van der Waals surface area contributed by atoms with Crippen molar-refractivity contribution in [3.63, 3.8) is 0 Å². The van der Waals surface area contributed by atoms with Crippen LogP contribution in [0.15, 0.2) is 19.0 Å². The number of furan rings is 2. The molecule has 0 N–H and O–H groups in total. The molecule has 2 heterocycles.